The van der Waals surface area contributed by atoms with E-state index in [0.29, 0.717) is 17.7 Å². The Balaban J connectivity index is 1.98. The van der Waals surface area contributed by atoms with Gasteiger partial charge in [-0.1, -0.05) is 12.1 Å². The van der Waals surface area contributed by atoms with Gasteiger partial charge in [0.2, 0.25) is 5.78 Å². The number of fused-ring (bicyclic) bond motifs is 3. The molecule has 31 heavy (non-hydrogen) atoms. The molecule has 0 aliphatic heterocycles. The molecule has 1 amide bonds. The van der Waals surface area contributed by atoms with Crippen molar-refractivity contribution in [2.24, 2.45) is 17.6 Å². The molecule has 1 saturated carbocycles. The van der Waals surface area contributed by atoms with Gasteiger partial charge in [-0.05, 0) is 44.5 Å². The highest BCUT2D eigenvalue weighted by molar-refractivity contribution is 6.24. The van der Waals surface area contributed by atoms with E-state index in [2.05, 4.69) is 0 Å². The van der Waals surface area contributed by atoms with Gasteiger partial charge in [-0.3, -0.25) is 19.3 Å². The number of likely N-dealkylation sites (N-methyl/N-ethyl adjacent to an activating group) is 1. The molecule has 4 unspecified atom stereocenters. The van der Waals surface area contributed by atoms with Crippen LogP contribution in [0.2, 0.25) is 0 Å². The number of primary amides is 1. The maximum absolute atomic E-state index is 13.6. The van der Waals surface area contributed by atoms with E-state index in [1.54, 1.807) is 26.2 Å². The number of nitrogens with zero attached hydrogens (tertiary/aromatic N) is 1. The van der Waals surface area contributed by atoms with Crippen molar-refractivity contribution in [3.63, 3.8) is 0 Å². The molecule has 5 N–H and O–H groups in total. The van der Waals surface area contributed by atoms with Crippen LogP contribution in [-0.4, -0.2) is 70.5 Å². The third-order valence-electron chi connectivity index (χ3n) is 6.66. The van der Waals surface area contributed by atoms with E-state index >= 15 is 0 Å². The molecule has 0 heterocycles. The Morgan fingerprint density at radius 2 is 1.94 bits per heavy atom. The number of benzene rings is 1. The number of aliphatic hydroxyl groups excluding tert-OH is 2. The summed E-state index contributed by atoms with van der Waals surface area (Å²) in [4.78, 5) is 40.0. The van der Waals surface area contributed by atoms with Crippen LogP contribution in [0.15, 0.2) is 35.1 Å². The first-order valence-corrected chi connectivity index (χ1v) is 9.86. The summed E-state index contributed by atoms with van der Waals surface area (Å²) in [6.07, 6.45) is 0.509. The number of hydrogen-bond acceptors (Lipinski definition) is 8. The largest absolute Gasteiger partial charge is 0.508 e. The van der Waals surface area contributed by atoms with Gasteiger partial charge in [0.05, 0.1) is 18.7 Å². The number of rotatable bonds is 3. The van der Waals surface area contributed by atoms with Crippen molar-refractivity contribution in [3.05, 3.63) is 46.2 Å². The average molecular weight is 428 g/mol. The summed E-state index contributed by atoms with van der Waals surface area (Å²) in [6.45, 7) is 0. The molecule has 9 heteroatoms. The molecule has 1 aromatic rings. The molecule has 4 rings (SSSR count). The van der Waals surface area contributed by atoms with Crippen LogP contribution in [0.4, 0.5) is 0 Å². The lowest BCUT2D eigenvalue weighted by Crippen LogP contribution is -2.65. The molecule has 164 valence electrons. The van der Waals surface area contributed by atoms with Gasteiger partial charge < -0.3 is 25.8 Å². The van der Waals surface area contributed by atoms with Gasteiger partial charge in [-0.2, -0.15) is 0 Å². The van der Waals surface area contributed by atoms with Crippen LogP contribution < -0.4 is 10.5 Å². The van der Waals surface area contributed by atoms with Crippen LogP contribution in [0.25, 0.3) is 5.76 Å². The molecule has 1 fully saturated rings. The maximum atomic E-state index is 13.6. The lowest BCUT2D eigenvalue weighted by molar-refractivity contribution is -0.153. The number of carbonyl (C=O) groups is 3. The molecule has 4 atom stereocenters. The molecule has 9 nitrogen and oxygen atoms in total. The van der Waals surface area contributed by atoms with E-state index in [4.69, 9.17) is 10.5 Å². The summed E-state index contributed by atoms with van der Waals surface area (Å²) >= 11 is 0. The minimum atomic E-state index is -2.56. The zero-order chi connectivity index (χ0) is 22.8. The molecule has 1 aromatic carbocycles. The highest BCUT2D eigenvalue weighted by atomic mass is 16.5. The van der Waals surface area contributed by atoms with Gasteiger partial charge in [-0.25, -0.2) is 0 Å². The number of methoxy groups -OCH3 is 1. The van der Waals surface area contributed by atoms with Crippen molar-refractivity contribution in [3.8, 4) is 5.75 Å². The SMILES string of the molecule is COc1cccc2c1C(O)=C1C(=O)C3(O)C(O)=C(C(N)=O)C(=O)C(N(C)C)C3CC1C2. The molecular weight excluding hydrogens is 404 g/mol. The Labute approximate surface area is 178 Å². The number of amides is 1. The number of ketones is 2. The van der Waals surface area contributed by atoms with Crippen LogP contribution in [-0.2, 0) is 20.8 Å². The van der Waals surface area contributed by atoms with Gasteiger partial charge in [0, 0.05) is 11.5 Å². The first-order chi connectivity index (χ1) is 14.5. The Morgan fingerprint density at radius 3 is 2.52 bits per heavy atom. The Kier molecular flexibility index (Phi) is 4.71. The summed E-state index contributed by atoms with van der Waals surface area (Å²) in [5.41, 5.74) is 3.00. The van der Waals surface area contributed by atoms with E-state index in [1.807, 2.05) is 6.07 Å². The molecule has 0 saturated heterocycles. The van der Waals surface area contributed by atoms with Crippen LogP contribution in [0.1, 0.15) is 17.5 Å². The predicted molar refractivity (Wildman–Crippen MR) is 109 cm³/mol. The first kappa shape index (κ1) is 21.1. The number of aliphatic hydroxyl groups is 3. The van der Waals surface area contributed by atoms with Gasteiger partial charge >= 0.3 is 0 Å². The summed E-state index contributed by atoms with van der Waals surface area (Å²) in [5, 5.41) is 33.3. The summed E-state index contributed by atoms with van der Waals surface area (Å²) in [7, 11) is 4.60. The normalized spacial score (nSPS) is 30.2. The highest BCUT2D eigenvalue weighted by Gasteiger charge is 2.64. The first-order valence-electron chi connectivity index (χ1n) is 9.86. The predicted octanol–water partition coefficient (Wildman–Crippen LogP) is 0.267. The molecule has 3 aliphatic rings. The molecule has 0 bridgehead atoms. The van der Waals surface area contributed by atoms with E-state index in [0.717, 1.165) is 5.56 Å². The monoisotopic (exact) mass is 428 g/mol. The van der Waals surface area contributed by atoms with Crippen LogP contribution >= 0.6 is 0 Å². The number of hydrogen-bond donors (Lipinski definition) is 4. The molecule has 3 aliphatic carbocycles. The second kappa shape index (κ2) is 6.93. The van der Waals surface area contributed by atoms with Crippen molar-refractivity contribution in [1.29, 1.82) is 0 Å². The fourth-order valence-electron chi connectivity index (χ4n) is 5.34. The van der Waals surface area contributed by atoms with E-state index in [1.165, 1.54) is 12.0 Å². The van der Waals surface area contributed by atoms with Crippen molar-refractivity contribution in [2.75, 3.05) is 21.2 Å². The standard InChI is InChI=1S/C22H24N2O7/c1-24(2)16-11-8-10-7-9-5-4-6-12(31-3)13(9)17(25)14(10)19(27)22(11,30)20(28)15(18(16)26)21(23)29/h4-6,10-11,16,25,28,30H,7-8H2,1-3H3,(H2,23,29). The smallest absolute Gasteiger partial charge is 0.255 e. The Morgan fingerprint density at radius 1 is 1.26 bits per heavy atom. The average Bonchev–Trinajstić information content (AvgIpc) is 2.69. The van der Waals surface area contributed by atoms with Gasteiger partial charge in [-0.15, -0.1) is 0 Å². The number of Topliss-reactive ketones (excluding diaryl/α,β-unsaturated/α-hetero) is 2. The van der Waals surface area contributed by atoms with Crippen molar-refractivity contribution >= 4 is 23.2 Å². The van der Waals surface area contributed by atoms with Gasteiger partial charge in [0.1, 0.15) is 22.8 Å². The zero-order valence-corrected chi connectivity index (χ0v) is 17.4. The number of carbonyl (C=O) groups excluding carboxylic acids is 3. The fourth-order valence-corrected chi connectivity index (χ4v) is 5.34. The van der Waals surface area contributed by atoms with E-state index in [-0.39, 0.29) is 17.8 Å². The van der Waals surface area contributed by atoms with Crippen molar-refractivity contribution in [1.82, 2.24) is 4.90 Å². The lowest BCUT2D eigenvalue weighted by atomic mass is 9.57. The quantitative estimate of drug-likeness (QED) is 0.501. The molecule has 0 radical (unpaired) electrons. The van der Waals surface area contributed by atoms with Crippen molar-refractivity contribution < 1.29 is 34.4 Å². The summed E-state index contributed by atoms with van der Waals surface area (Å²) in [6, 6.07) is 4.18. The van der Waals surface area contributed by atoms with E-state index in [9.17, 15) is 29.7 Å². The third-order valence-corrected chi connectivity index (χ3v) is 6.66. The van der Waals surface area contributed by atoms with Gasteiger partial charge in [0.25, 0.3) is 5.91 Å². The molecule has 0 spiro atoms. The minimum Gasteiger partial charge on any atom is -0.508 e. The summed E-state index contributed by atoms with van der Waals surface area (Å²) < 4.78 is 5.32. The third kappa shape index (κ3) is 2.66. The number of ether oxygens (including phenoxy) is 1. The molecular formula is C22H24N2O7. The van der Waals surface area contributed by atoms with Gasteiger partial charge in [0.15, 0.2) is 11.4 Å². The van der Waals surface area contributed by atoms with Crippen LogP contribution in [0.3, 0.4) is 0 Å². The van der Waals surface area contributed by atoms with Crippen molar-refractivity contribution in [2.45, 2.75) is 24.5 Å². The Hall–Kier alpha value is -3.17. The Bertz CT molecular complexity index is 1090. The topological polar surface area (TPSA) is 150 Å². The summed E-state index contributed by atoms with van der Waals surface area (Å²) in [5.74, 6) is -5.47. The fraction of sp³-hybridized carbons (Fsp3) is 0.409. The second-order valence-electron chi connectivity index (χ2n) is 8.46. The maximum Gasteiger partial charge on any atom is 0.255 e. The lowest BCUT2D eigenvalue weighted by Gasteiger charge is -2.50. The highest BCUT2D eigenvalue weighted by Crippen LogP contribution is 2.52. The minimum absolute atomic E-state index is 0.0574. The van der Waals surface area contributed by atoms with E-state index < -0.39 is 52.3 Å². The van der Waals surface area contributed by atoms with Crippen LogP contribution in [0.5, 0.6) is 5.75 Å². The zero-order valence-electron chi connectivity index (χ0n) is 17.4. The second-order valence-corrected chi connectivity index (χ2v) is 8.46. The molecule has 0 aromatic heterocycles. The van der Waals surface area contributed by atoms with Crippen LogP contribution in [0, 0.1) is 11.8 Å². The number of nitrogens with two attached hydrogens (primary N) is 1.